The maximum atomic E-state index is 12.4. The van der Waals surface area contributed by atoms with Crippen LogP contribution in [0.4, 0.5) is 4.79 Å². The number of aromatic amines is 1. The van der Waals surface area contributed by atoms with Gasteiger partial charge in [-0.2, -0.15) is 4.98 Å². The summed E-state index contributed by atoms with van der Waals surface area (Å²) < 4.78 is 5.44. The van der Waals surface area contributed by atoms with Gasteiger partial charge in [-0.15, -0.1) is 0 Å². The van der Waals surface area contributed by atoms with E-state index in [9.17, 15) is 4.79 Å². The molecule has 1 amide bonds. The number of nitrogens with zero attached hydrogens (tertiary/aromatic N) is 2. The third-order valence-corrected chi connectivity index (χ3v) is 5.13. The molecule has 1 saturated carbocycles. The first-order valence-corrected chi connectivity index (χ1v) is 9.50. The van der Waals surface area contributed by atoms with Crippen LogP contribution in [0.15, 0.2) is 30.5 Å². The number of benzene rings is 1. The molecule has 0 radical (unpaired) electrons. The molecule has 2 aromatic rings. The summed E-state index contributed by atoms with van der Waals surface area (Å²) in [5.74, 6) is 0.621. The molecule has 0 atom stereocenters. The molecule has 1 aromatic carbocycles. The van der Waals surface area contributed by atoms with Gasteiger partial charge in [-0.3, -0.25) is 0 Å². The molecule has 1 aromatic heterocycles. The van der Waals surface area contributed by atoms with Crippen LogP contribution in [-0.2, 0) is 5.41 Å². The summed E-state index contributed by atoms with van der Waals surface area (Å²) in [5, 5.41) is 0. The number of carbonyl (C=O) groups excluding carboxylic acids is 1. The van der Waals surface area contributed by atoms with E-state index in [1.807, 2.05) is 6.92 Å². The number of ether oxygens (including phenoxy) is 1. The smallest absolute Gasteiger partial charge is 0.375 e. The highest BCUT2D eigenvalue weighted by Gasteiger charge is 2.24. The van der Waals surface area contributed by atoms with Crippen molar-refractivity contribution < 1.29 is 9.53 Å². The van der Waals surface area contributed by atoms with Crippen LogP contribution in [0.25, 0.3) is 11.3 Å². The Balaban J connectivity index is 1.64. The number of nitrogens with one attached hydrogen (secondary N) is 1. The summed E-state index contributed by atoms with van der Waals surface area (Å²) in [6.07, 6.45) is 5.13. The lowest BCUT2D eigenvalue weighted by atomic mass is 9.85. The number of hydrogen-bond acceptors (Lipinski definition) is 3. The molecule has 0 saturated heterocycles. The Morgan fingerprint density at radius 3 is 2.50 bits per heavy atom. The molecular weight excluding hydrogens is 326 g/mol. The molecule has 0 unspecified atom stereocenters. The summed E-state index contributed by atoms with van der Waals surface area (Å²) in [6, 6.07) is 8.59. The zero-order chi connectivity index (χ0) is 18.7. The number of amides is 1. The van der Waals surface area contributed by atoms with Crippen LogP contribution in [0.5, 0.6) is 6.01 Å². The Morgan fingerprint density at radius 2 is 1.96 bits per heavy atom. The summed E-state index contributed by atoms with van der Waals surface area (Å²) in [4.78, 5) is 21.5. The van der Waals surface area contributed by atoms with E-state index in [1.165, 1.54) is 24.8 Å². The largest absolute Gasteiger partial charge is 0.417 e. The van der Waals surface area contributed by atoms with Crippen molar-refractivity contribution in [1.82, 2.24) is 14.9 Å². The molecular formula is C21H29N3O2. The number of imidazole rings is 1. The lowest BCUT2D eigenvalue weighted by Gasteiger charge is -2.30. The van der Waals surface area contributed by atoms with Crippen LogP contribution in [-0.4, -0.2) is 34.1 Å². The average Bonchev–Trinajstić information content (AvgIpc) is 3.01. The summed E-state index contributed by atoms with van der Waals surface area (Å²) in [6.45, 7) is 9.98. The minimum atomic E-state index is -0.330. The van der Waals surface area contributed by atoms with Crippen LogP contribution in [0.1, 0.15) is 52.5 Å². The van der Waals surface area contributed by atoms with Gasteiger partial charge in [0.05, 0.1) is 5.69 Å². The highest BCUT2D eigenvalue weighted by atomic mass is 16.6. The summed E-state index contributed by atoms with van der Waals surface area (Å²) in [5.41, 5.74) is 3.17. The van der Waals surface area contributed by atoms with E-state index >= 15 is 0 Å². The van der Waals surface area contributed by atoms with Crippen molar-refractivity contribution in [3.8, 4) is 17.3 Å². The monoisotopic (exact) mass is 355 g/mol. The zero-order valence-electron chi connectivity index (χ0n) is 16.2. The van der Waals surface area contributed by atoms with Gasteiger partial charge in [0.2, 0.25) is 0 Å². The fourth-order valence-corrected chi connectivity index (χ4v) is 3.11. The topological polar surface area (TPSA) is 58.2 Å². The van der Waals surface area contributed by atoms with E-state index in [0.717, 1.165) is 17.8 Å². The van der Waals surface area contributed by atoms with Gasteiger partial charge in [0, 0.05) is 24.8 Å². The first kappa shape index (κ1) is 18.5. The predicted octanol–water partition coefficient (Wildman–Crippen LogP) is 5.00. The molecule has 1 aliphatic carbocycles. The average molecular weight is 355 g/mol. The Bertz CT molecular complexity index is 739. The van der Waals surface area contributed by atoms with Crippen LogP contribution in [0.3, 0.4) is 0 Å². The Kier molecular flexibility index (Phi) is 5.35. The van der Waals surface area contributed by atoms with Crippen molar-refractivity contribution >= 4 is 6.09 Å². The van der Waals surface area contributed by atoms with Crippen LogP contribution in [0, 0.1) is 5.92 Å². The SMILES string of the molecule is CCN(CC1CCC1)C(=O)Oc1nc(-c2ccc(C(C)(C)C)cc2)c[nH]1. The van der Waals surface area contributed by atoms with E-state index in [0.29, 0.717) is 12.5 Å². The molecule has 26 heavy (non-hydrogen) atoms. The van der Waals surface area contributed by atoms with Gasteiger partial charge in [-0.05, 0) is 36.7 Å². The number of hydrogen-bond donors (Lipinski definition) is 1. The van der Waals surface area contributed by atoms with Crippen LogP contribution in [0.2, 0.25) is 0 Å². The molecule has 1 fully saturated rings. The fraction of sp³-hybridized carbons (Fsp3) is 0.524. The standard InChI is InChI=1S/C21H29N3O2/c1-5-24(14-15-7-6-8-15)20(25)26-19-22-13-18(23-19)16-9-11-17(12-10-16)21(2,3)4/h9-13,15H,5-8,14H2,1-4H3,(H,22,23). The number of rotatable bonds is 5. The molecule has 1 heterocycles. The van der Waals surface area contributed by atoms with Gasteiger partial charge < -0.3 is 14.6 Å². The summed E-state index contributed by atoms with van der Waals surface area (Å²) >= 11 is 0. The lowest BCUT2D eigenvalue weighted by molar-refractivity contribution is 0.131. The van der Waals surface area contributed by atoms with Gasteiger partial charge in [-0.25, -0.2) is 4.79 Å². The van der Waals surface area contributed by atoms with Crippen LogP contribution >= 0.6 is 0 Å². The number of aromatic nitrogens is 2. The first-order valence-electron chi connectivity index (χ1n) is 9.50. The van der Waals surface area contributed by atoms with Crippen molar-refractivity contribution in [2.75, 3.05) is 13.1 Å². The van der Waals surface area contributed by atoms with Gasteiger partial charge >= 0.3 is 12.1 Å². The highest BCUT2D eigenvalue weighted by Crippen LogP contribution is 2.28. The molecule has 0 aliphatic heterocycles. The second-order valence-electron chi connectivity index (χ2n) is 8.12. The minimum absolute atomic E-state index is 0.120. The molecule has 5 nitrogen and oxygen atoms in total. The molecule has 5 heteroatoms. The Hall–Kier alpha value is -2.30. The maximum Gasteiger partial charge on any atom is 0.417 e. The molecule has 0 spiro atoms. The van der Waals surface area contributed by atoms with Gasteiger partial charge in [-0.1, -0.05) is 51.5 Å². The van der Waals surface area contributed by atoms with Gasteiger partial charge in [0.1, 0.15) is 0 Å². The molecule has 3 rings (SSSR count). The zero-order valence-corrected chi connectivity index (χ0v) is 16.2. The number of H-pyrrole nitrogens is 1. The molecule has 0 bridgehead atoms. The van der Waals surface area contributed by atoms with Crippen molar-refractivity contribution in [2.45, 2.75) is 52.4 Å². The first-order chi connectivity index (χ1) is 12.4. The van der Waals surface area contributed by atoms with E-state index in [-0.39, 0.29) is 17.5 Å². The highest BCUT2D eigenvalue weighted by molar-refractivity contribution is 5.70. The van der Waals surface area contributed by atoms with Crippen LogP contribution < -0.4 is 4.74 Å². The van der Waals surface area contributed by atoms with Crippen molar-refractivity contribution in [3.63, 3.8) is 0 Å². The van der Waals surface area contributed by atoms with Gasteiger partial charge in [0.25, 0.3) is 0 Å². The fourth-order valence-electron chi connectivity index (χ4n) is 3.11. The minimum Gasteiger partial charge on any atom is -0.375 e. The van der Waals surface area contributed by atoms with E-state index < -0.39 is 0 Å². The molecule has 1 N–H and O–H groups in total. The second kappa shape index (κ2) is 7.52. The van der Waals surface area contributed by atoms with Gasteiger partial charge in [0.15, 0.2) is 0 Å². The Morgan fingerprint density at radius 1 is 1.27 bits per heavy atom. The normalized spacial score (nSPS) is 14.8. The lowest BCUT2D eigenvalue weighted by Crippen LogP contribution is -2.39. The second-order valence-corrected chi connectivity index (χ2v) is 8.12. The quantitative estimate of drug-likeness (QED) is 0.821. The predicted molar refractivity (Wildman–Crippen MR) is 103 cm³/mol. The van der Waals surface area contributed by atoms with Crippen molar-refractivity contribution in [2.24, 2.45) is 5.92 Å². The van der Waals surface area contributed by atoms with E-state index in [2.05, 4.69) is 55.0 Å². The molecule has 1 aliphatic rings. The molecule has 140 valence electrons. The van der Waals surface area contributed by atoms with E-state index in [4.69, 9.17) is 4.74 Å². The van der Waals surface area contributed by atoms with E-state index in [1.54, 1.807) is 11.1 Å². The maximum absolute atomic E-state index is 12.4. The number of carbonyl (C=O) groups is 1. The third-order valence-electron chi connectivity index (χ3n) is 5.13. The third kappa shape index (κ3) is 4.26. The van der Waals surface area contributed by atoms with Crippen molar-refractivity contribution in [3.05, 3.63) is 36.0 Å². The summed E-state index contributed by atoms with van der Waals surface area (Å²) in [7, 11) is 0. The van der Waals surface area contributed by atoms with Crippen molar-refractivity contribution in [1.29, 1.82) is 0 Å². The Labute approximate surface area is 155 Å².